The summed E-state index contributed by atoms with van der Waals surface area (Å²) in [6.45, 7) is 15.8. The van der Waals surface area contributed by atoms with Crippen LogP contribution in [-0.4, -0.2) is 0 Å². The van der Waals surface area contributed by atoms with Gasteiger partial charge in [0.1, 0.15) is 0 Å². The first-order valence-electron chi connectivity index (χ1n) is 4.24. The summed E-state index contributed by atoms with van der Waals surface area (Å²) in [5.74, 6) is 0. The summed E-state index contributed by atoms with van der Waals surface area (Å²) < 4.78 is 0. The van der Waals surface area contributed by atoms with Crippen molar-refractivity contribution in [2.24, 2.45) is 5.41 Å². The van der Waals surface area contributed by atoms with E-state index in [0.29, 0.717) is 5.41 Å². The van der Waals surface area contributed by atoms with Gasteiger partial charge in [-0.3, -0.25) is 0 Å². The summed E-state index contributed by atoms with van der Waals surface area (Å²) in [6, 6.07) is 0. The first kappa shape index (κ1) is 18.1. The van der Waals surface area contributed by atoms with Gasteiger partial charge in [0, 0.05) is 0 Å². The molecule has 0 nitrogen and oxygen atoms in total. The fourth-order valence-electron chi connectivity index (χ4n) is 0.354. The van der Waals surface area contributed by atoms with Gasteiger partial charge in [-0.05, 0) is 0 Å². The SMILES string of the molecule is [CH2-]/C=C/C(C)(C)C.[CH2-]CCC.[Zn+2]. The molecule has 0 radical (unpaired) electrons. The molecule has 0 spiro atoms. The normalized spacial score (nSPS) is 10.1. The Hall–Kier alpha value is 0.233. The third-order valence-electron chi connectivity index (χ3n) is 0.971. The summed E-state index contributed by atoms with van der Waals surface area (Å²) in [5.41, 5.74) is 0.307. The molecule has 0 aromatic rings. The topological polar surface area (TPSA) is 0 Å². The van der Waals surface area contributed by atoms with Crippen molar-refractivity contribution in [2.75, 3.05) is 0 Å². The second-order valence-corrected chi connectivity index (χ2v) is 3.62. The maximum atomic E-state index is 3.60. The van der Waals surface area contributed by atoms with Crippen LogP contribution >= 0.6 is 0 Å². The third kappa shape index (κ3) is 31.9. The van der Waals surface area contributed by atoms with Crippen molar-refractivity contribution < 1.29 is 19.5 Å². The van der Waals surface area contributed by atoms with Crippen LogP contribution in [-0.2, 0) is 19.5 Å². The maximum Gasteiger partial charge on any atom is 2.00 e. The largest absolute Gasteiger partial charge is 2.00 e. The zero-order valence-electron chi connectivity index (χ0n) is 9.19. The van der Waals surface area contributed by atoms with Crippen LogP contribution in [0.4, 0.5) is 0 Å². The quantitative estimate of drug-likeness (QED) is 0.461. The molecule has 0 atom stereocenters. The molecular weight excluding hydrogens is 198 g/mol. The molecule has 0 aliphatic rings. The van der Waals surface area contributed by atoms with E-state index in [1.54, 1.807) is 0 Å². The molecule has 0 amide bonds. The Balaban J connectivity index is -0.000000142. The molecule has 0 aromatic heterocycles. The first-order chi connectivity index (χ1) is 4.97. The van der Waals surface area contributed by atoms with Crippen LogP contribution < -0.4 is 0 Å². The van der Waals surface area contributed by atoms with Gasteiger partial charge in [0.2, 0.25) is 0 Å². The summed E-state index contributed by atoms with van der Waals surface area (Å²) in [5, 5.41) is 0. The van der Waals surface area contributed by atoms with Crippen molar-refractivity contribution in [1.82, 2.24) is 0 Å². The number of allylic oxidation sites excluding steroid dienone is 2. The van der Waals surface area contributed by atoms with Gasteiger partial charge in [-0.1, -0.05) is 39.5 Å². The molecule has 0 aromatic carbocycles. The van der Waals surface area contributed by atoms with Crippen LogP contribution in [0.1, 0.15) is 40.5 Å². The van der Waals surface area contributed by atoms with Crippen LogP contribution in [0.5, 0.6) is 0 Å². The predicted octanol–water partition coefficient (Wildman–Crippen LogP) is 4.04. The van der Waals surface area contributed by atoms with Crippen molar-refractivity contribution in [1.29, 1.82) is 0 Å². The van der Waals surface area contributed by atoms with Crippen LogP contribution in [0.3, 0.4) is 0 Å². The summed E-state index contributed by atoms with van der Waals surface area (Å²) in [7, 11) is 0. The molecule has 0 saturated carbocycles. The fourth-order valence-corrected chi connectivity index (χ4v) is 0.354. The molecule has 1 heteroatoms. The van der Waals surface area contributed by atoms with E-state index in [1.165, 1.54) is 6.42 Å². The Morgan fingerprint density at radius 2 is 1.58 bits per heavy atom. The van der Waals surface area contributed by atoms with Gasteiger partial charge in [-0.2, -0.15) is 6.42 Å². The molecule has 0 aliphatic heterocycles. The molecular formula is C11H22Zn. The average Bonchev–Trinajstić information content (AvgIpc) is 1.86. The fraction of sp³-hybridized carbons (Fsp3) is 0.636. The predicted molar refractivity (Wildman–Crippen MR) is 54.2 cm³/mol. The monoisotopic (exact) mass is 218 g/mol. The number of hydrogen-bond acceptors (Lipinski definition) is 0. The minimum absolute atomic E-state index is 0. The number of rotatable bonds is 1. The van der Waals surface area contributed by atoms with Gasteiger partial charge >= 0.3 is 19.5 Å². The first-order valence-corrected chi connectivity index (χ1v) is 4.24. The van der Waals surface area contributed by atoms with Crippen LogP contribution in [0.2, 0.25) is 0 Å². The van der Waals surface area contributed by atoms with E-state index in [-0.39, 0.29) is 19.5 Å². The van der Waals surface area contributed by atoms with Crippen molar-refractivity contribution in [3.8, 4) is 0 Å². The van der Waals surface area contributed by atoms with Gasteiger partial charge in [-0.15, -0.1) is 0 Å². The number of hydrogen-bond donors (Lipinski definition) is 0. The number of unbranched alkanes of at least 4 members (excludes halogenated alkanes) is 1. The van der Waals surface area contributed by atoms with E-state index < -0.39 is 0 Å². The molecule has 68 valence electrons. The van der Waals surface area contributed by atoms with Crippen molar-refractivity contribution in [2.45, 2.75) is 40.5 Å². The van der Waals surface area contributed by atoms with Gasteiger partial charge in [0.25, 0.3) is 0 Å². The van der Waals surface area contributed by atoms with Gasteiger partial charge in [-0.25, -0.2) is 19.1 Å². The standard InChI is InChI=1S/C7H13.C4H9.Zn/c1-5-6-7(2,3)4;1-3-4-2;/h5-6H,1H2,2-4H3;1,3-4H2,2H3;/q2*-1;+2/b6-5+;;. The second kappa shape index (κ2) is 11.2. The van der Waals surface area contributed by atoms with E-state index in [2.05, 4.69) is 47.6 Å². The second-order valence-electron chi connectivity index (χ2n) is 3.62. The minimum atomic E-state index is 0. The molecule has 0 saturated heterocycles. The van der Waals surface area contributed by atoms with E-state index in [9.17, 15) is 0 Å². The zero-order valence-corrected chi connectivity index (χ0v) is 12.2. The van der Waals surface area contributed by atoms with Crippen LogP contribution in [0, 0.1) is 19.3 Å². The average molecular weight is 220 g/mol. The van der Waals surface area contributed by atoms with Crippen LogP contribution in [0.15, 0.2) is 12.2 Å². The molecule has 0 heterocycles. The Kier molecular flexibility index (Phi) is 17.0. The molecule has 0 aliphatic carbocycles. The third-order valence-corrected chi connectivity index (χ3v) is 0.971. The molecule has 0 bridgehead atoms. The molecule has 0 fully saturated rings. The Morgan fingerprint density at radius 1 is 1.25 bits per heavy atom. The van der Waals surface area contributed by atoms with Gasteiger partial charge in [0.05, 0.1) is 0 Å². The Bertz CT molecular complexity index is 85.7. The Morgan fingerprint density at radius 3 is 1.58 bits per heavy atom. The molecule has 0 rings (SSSR count). The zero-order chi connectivity index (χ0) is 9.33. The molecule has 0 N–H and O–H groups in total. The molecule has 12 heavy (non-hydrogen) atoms. The molecule has 0 unspecified atom stereocenters. The van der Waals surface area contributed by atoms with Crippen molar-refractivity contribution in [3.05, 3.63) is 26.0 Å². The van der Waals surface area contributed by atoms with E-state index in [1.807, 2.05) is 6.08 Å². The minimum Gasteiger partial charge on any atom is -0.343 e. The van der Waals surface area contributed by atoms with Gasteiger partial charge in [0.15, 0.2) is 0 Å². The van der Waals surface area contributed by atoms with Gasteiger partial charge < -0.3 is 6.92 Å². The summed E-state index contributed by atoms with van der Waals surface area (Å²) >= 11 is 0. The van der Waals surface area contributed by atoms with E-state index >= 15 is 0 Å². The summed E-state index contributed by atoms with van der Waals surface area (Å²) in [6.07, 6.45) is 6.19. The smallest absolute Gasteiger partial charge is 0.343 e. The van der Waals surface area contributed by atoms with E-state index in [0.717, 1.165) is 6.42 Å². The van der Waals surface area contributed by atoms with Crippen molar-refractivity contribution >= 4 is 0 Å². The van der Waals surface area contributed by atoms with E-state index in [4.69, 9.17) is 0 Å². The Labute approximate surface area is 91.6 Å². The van der Waals surface area contributed by atoms with Crippen molar-refractivity contribution in [3.63, 3.8) is 0 Å². The van der Waals surface area contributed by atoms with Crippen LogP contribution in [0.25, 0.3) is 0 Å². The maximum absolute atomic E-state index is 3.60. The summed E-state index contributed by atoms with van der Waals surface area (Å²) in [4.78, 5) is 0.